The highest BCUT2D eigenvalue weighted by Gasteiger charge is 2.34. The van der Waals surface area contributed by atoms with Crippen molar-refractivity contribution in [2.24, 2.45) is 0 Å². The van der Waals surface area contributed by atoms with E-state index in [1.165, 1.54) is 93.1 Å². The first-order valence-electron chi connectivity index (χ1n) is 17.9. The van der Waals surface area contributed by atoms with Crippen molar-refractivity contribution in [3.63, 3.8) is 0 Å². The highest BCUT2D eigenvalue weighted by molar-refractivity contribution is 6.18. The van der Waals surface area contributed by atoms with Gasteiger partial charge in [-0.1, -0.05) is 181 Å². The van der Waals surface area contributed by atoms with Crippen LogP contribution in [0.15, 0.2) is 133 Å². The lowest BCUT2D eigenvalue weighted by Gasteiger charge is -2.39. The summed E-state index contributed by atoms with van der Waals surface area (Å²) >= 11 is 0. The molecule has 1 heteroatoms. The Morgan fingerprint density at radius 3 is 1.66 bits per heavy atom. The van der Waals surface area contributed by atoms with Gasteiger partial charge in [0.25, 0.3) is 0 Å². The molecule has 0 unspecified atom stereocenters. The summed E-state index contributed by atoms with van der Waals surface area (Å²) in [5.41, 5.74) is 11.5. The van der Waals surface area contributed by atoms with E-state index in [9.17, 15) is 0 Å². The van der Waals surface area contributed by atoms with Crippen LogP contribution in [0.2, 0.25) is 0 Å². The molecule has 0 saturated carbocycles. The number of nitrogens with zero attached hydrogens (tertiary/aromatic N) is 1. The van der Waals surface area contributed by atoms with Crippen LogP contribution in [0.1, 0.15) is 74.9 Å². The summed E-state index contributed by atoms with van der Waals surface area (Å²) in [5.74, 6) is 0. The van der Waals surface area contributed by atoms with Gasteiger partial charge in [-0.3, -0.25) is 0 Å². The minimum atomic E-state index is 0.0673. The van der Waals surface area contributed by atoms with Crippen LogP contribution in [-0.4, -0.2) is 4.90 Å². The first kappa shape index (κ1) is 30.6. The fourth-order valence-corrected chi connectivity index (χ4v) is 8.11. The van der Waals surface area contributed by atoms with Crippen molar-refractivity contribution >= 4 is 55.4 Å². The second kappa shape index (κ2) is 11.1. The Morgan fingerprint density at radius 2 is 1.00 bits per heavy atom. The number of hydrogen-bond donors (Lipinski definition) is 0. The molecule has 7 aromatic rings. The largest absolute Gasteiger partial charge is 0.330 e. The van der Waals surface area contributed by atoms with Crippen molar-refractivity contribution < 1.29 is 0 Å². The van der Waals surface area contributed by atoms with Gasteiger partial charge in [-0.05, 0) is 76.2 Å². The van der Waals surface area contributed by atoms with E-state index >= 15 is 0 Å². The Bertz CT molecular complexity index is 2660. The number of rotatable bonds is 2. The maximum Gasteiger partial charge on any atom is 0.0775 e. The average Bonchev–Trinajstić information content (AvgIpc) is 3.12. The molecule has 50 heavy (non-hydrogen) atoms. The average molecular weight is 645 g/mol. The van der Waals surface area contributed by atoms with Crippen LogP contribution in [-0.2, 0) is 10.8 Å². The molecule has 0 aromatic heterocycles. The molecule has 0 spiro atoms. The molecule has 0 fully saturated rings. The molecule has 2 heterocycles. The fourth-order valence-electron chi connectivity index (χ4n) is 8.11. The second-order valence-corrected chi connectivity index (χ2v) is 16.0. The van der Waals surface area contributed by atoms with E-state index in [0.717, 1.165) is 0 Å². The molecule has 9 rings (SSSR count). The number of hydrogen-bond acceptors (Lipinski definition) is 1. The summed E-state index contributed by atoms with van der Waals surface area (Å²) in [5, 5.41) is 10.2. The van der Waals surface area contributed by atoms with Crippen molar-refractivity contribution in [3.05, 3.63) is 184 Å². The first-order valence-corrected chi connectivity index (χ1v) is 17.9. The van der Waals surface area contributed by atoms with E-state index in [2.05, 4.69) is 193 Å². The van der Waals surface area contributed by atoms with Crippen LogP contribution in [0.25, 0.3) is 55.4 Å². The normalized spacial score (nSPS) is 14.5. The van der Waals surface area contributed by atoms with Crippen LogP contribution in [0.4, 0.5) is 0 Å². The molecule has 0 aliphatic carbocycles. The van der Waals surface area contributed by atoms with Crippen LogP contribution < -0.4 is 10.4 Å². The van der Waals surface area contributed by atoms with E-state index in [-0.39, 0.29) is 10.8 Å². The minimum absolute atomic E-state index is 0.0673. The Kier molecular flexibility index (Phi) is 6.78. The maximum absolute atomic E-state index is 2.51. The molecular formula is C49H42N. The minimum Gasteiger partial charge on any atom is -0.330 e. The van der Waals surface area contributed by atoms with E-state index in [1.54, 1.807) is 0 Å². The molecule has 0 bridgehead atoms. The van der Waals surface area contributed by atoms with Gasteiger partial charge in [0.1, 0.15) is 0 Å². The van der Waals surface area contributed by atoms with Gasteiger partial charge in [0, 0.05) is 16.4 Å². The third-order valence-electron chi connectivity index (χ3n) is 10.8. The van der Waals surface area contributed by atoms with Gasteiger partial charge in [-0.2, -0.15) is 0 Å². The van der Waals surface area contributed by atoms with E-state index in [1.807, 2.05) is 0 Å². The Morgan fingerprint density at radius 1 is 0.460 bits per heavy atom. The van der Waals surface area contributed by atoms with Crippen molar-refractivity contribution in [1.29, 1.82) is 0 Å². The molecule has 1 nitrogen and oxygen atoms in total. The van der Waals surface area contributed by atoms with Crippen molar-refractivity contribution in [3.8, 4) is 0 Å². The van der Waals surface area contributed by atoms with Gasteiger partial charge in [0.05, 0.1) is 17.9 Å². The molecule has 2 aliphatic heterocycles. The molecule has 0 saturated heterocycles. The second-order valence-electron chi connectivity index (χ2n) is 16.0. The van der Waals surface area contributed by atoms with Crippen molar-refractivity contribution in [2.45, 2.75) is 52.4 Å². The third-order valence-corrected chi connectivity index (χ3v) is 10.8. The molecule has 1 radical (unpaired) electrons. The summed E-state index contributed by atoms with van der Waals surface area (Å²) in [7, 11) is 0. The summed E-state index contributed by atoms with van der Waals surface area (Å²) in [6.07, 6.45) is 2.31. The van der Waals surface area contributed by atoms with Crippen LogP contribution in [0.5, 0.6) is 0 Å². The van der Waals surface area contributed by atoms with Crippen molar-refractivity contribution in [2.75, 3.05) is 0 Å². The molecule has 2 aliphatic rings. The summed E-state index contributed by atoms with van der Waals surface area (Å²) in [6, 6.07) is 50.3. The van der Waals surface area contributed by atoms with Gasteiger partial charge < -0.3 is 4.90 Å². The number of benzene rings is 7. The van der Waals surface area contributed by atoms with E-state index < -0.39 is 0 Å². The SMILES string of the molecule is CC(C)(C)c1ccc(C2=C(c3ccc(C(C)(C)C)cc3)N3[CH]C=c4ccc5ccccc5c4=C3c3c2ccc2ccc4ccccc4c32)cc1. The molecule has 0 N–H and O–H groups in total. The predicted octanol–water partition coefficient (Wildman–Crippen LogP) is 11.1. The molecule has 7 aromatic carbocycles. The summed E-state index contributed by atoms with van der Waals surface area (Å²) in [4.78, 5) is 2.51. The Balaban J connectivity index is 1.49. The zero-order chi connectivity index (χ0) is 34.4. The van der Waals surface area contributed by atoms with Gasteiger partial charge >= 0.3 is 0 Å². The topological polar surface area (TPSA) is 3.24 Å². The molecular weight excluding hydrogens is 603 g/mol. The maximum atomic E-state index is 2.51. The first-order chi connectivity index (χ1) is 24.1. The lowest BCUT2D eigenvalue weighted by atomic mass is 9.79. The Hall–Kier alpha value is -5.40. The van der Waals surface area contributed by atoms with Crippen molar-refractivity contribution in [1.82, 2.24) is 4.90 Å². The Labute approximate surface area is 295 Å². The number of fused-ring (bicyclic) bond motifs is 10. The van der Waals surface area contributed by atoms with Gasteiger partial charge in [0.2, 0.25) is 0 Å². The highest BCUT2D eigenvalue weighted by atomic mass is 15.2. The van der Waals surface area contributed by atoms with Crippen LogP contribution in [0.3, 0.4) is 0 Å². The molecule has 0 amide bonds. The zero-order valence-electron chi connectivity index (χ0n) is 29.8. The monoisotopic (exact) mass is 644 g/mol. The predicted molar refractivity (Wildman–Crippen MR) is 214 cm³/mol. The van der Waals surface area contributed by atoms with E-state index in [0.29, 0.717) is 0 Å². The van der Waals surface area contributed by atoms with Gasteiger partial charge in [-0.15, -0.1) is 0 Å². The van der Waals surface area contributed by atoms with E-state index in [4.69, 9.17) is 0 Å². The third kappa shape index (κ3) is 4.75. The smallest absolute Gasteiger partial charge is 0.0775 e. The highest BCUT2D eigenvalue weighted by Crippen LogP contribution is 2.49. The summed E-state index contributed by atoms with van der Waals surface area (Å²) in [6.45, 7) is 16.1. The zero-order valence-corrected chi connectivity index (χ0v) is 29.8. The summed E-state index contributed by atoms with van der Waals surface area (Å²) < 4.78 is 0. The fraction of sp³-hybridized carbons (Fsp3) is 0.163. The molecule has 243 valence electrons. The van der Waals surface area contributed by atoms with Crippen LogP contribution >= 0.6 is 0 Å². The lowest BCUT2D eigenvalue weighted by Crippen LogP contribution is -2.40. The lowest BCUT2D eigenvalue weighted by molar-refractivity contribution is 0.589. The molecule has 0 atom stereocenters. The quantitative estimate of drug-likeness (QED) is 0.169. The van der Waals surface area contributed by atoms with Gasteiger partial charge in [0.15, 0.2) is 0 Å². The van der Waals surface area contributed by atoms with Crippen LogP contribution in [0, 0.1) is 6.54 Å². The van der Waals surface area contributed by atoms with Gasteiger partial charge in [-0.25, -0.2) is 0 Å². The standard InChI is InChI=1S/C49H42N/c1-48(2,3)37-24-19-34(20-25-37)44-41-28-23-33-17-15-31-11-7-9-13-39(31)42(33)45(41)47-43-35(18-16-32-12-8-10-14-40(32)43)29-30-50(47)46(44)36-21-26-38(27-22-36)49(4,5)6/h7-30H,1-6H3.